The summed E-state index contributed by atoms with van der Waals surface area (Å²) in [7, 11) is 1.91. The Morgan fingerprint density at radius 1 is 1.25 bits per heavy atom. The van der Waals surface area contributed by atoms with Crippen LogP contribution in [-0.4, -0.2) is 54.6 Å². The van der Waals surface area contributed by atoms with E-state index in [1.165, 1.54) is 18.4 Å². The first-order valence-electron chi connectivity index (χ1n) is 8.75. The summed E-state index contributed by atoms with van der Waals surface area (Å²) >= 11 is 0. The summed E-state index contributed by atoms with van der Waals surface area (Å²) in [6, 6.07) is 10.2. The largest absolute Gasteiger partial charge is 0.368 e. The van der Waals surface area contributed by atoms with Crippen molar-refractivity contribution in [3.63, 3.8) is 0 Å². The van der Waals surface area contributed by atoms with Gasteiger partial charge in [0, 0.05) is 32.6 Å². The highest BCUT2D eigenvalue weighted by atomic mass is 16.5. The predicted molar refractivity (Wildman–Crippen MR) is 88.9 cm³/mol. The van der Waals surface area contributed by atoms with E-state index in [4.69, 9.17) is 10.00 Å². The Labute approximate surface area is 142 Å². The molecule has 1 aromatic carbocycles. The average molecular weight is 325 g/mol. The van der Waals surface area contributed by atoms with Crippen LogP contribution in [0.5, 0.6) is 0 Å². The molecule has 2 aliphatic heterocycles. The van der Waals surface area contributed by atoms with Gasteiger partial charge in [-0.3, -0.25) is 9.69 Å². The minimum Gasteiger partial charge on any atom is -0.368 e. The summed E-state index contributed by atoms with van der Waals surface area (Å²) in [5.74, 6) is 1.11. The van der Waals surface area contributed by atoms with Crippen LogP contribution in [0, 0.1) is 23.2 Å². The van der Waals surface area contributed by atoms with Crippen LogP contribution >= 0.6 is 0 Å². The van der Waals surface area contributed by atoms with Crippen molar-refractivity contribution in [3.05, 3.63) is 35.4 Å². The first kappa shape index (κ1) is 15.6. The van der Waals surface area contributed by atoms with E-state index in [1.807, 2.05) is 36.2 Å². The minimum atomic E-state index is -0.258. The van der Waals surface area contributed by atoms with Crippen molar-refractivity contribution < 1.29 is 9.53 Å². The number of carbonyl (C=O) groups is 1. The molecule has 3 fully saturated rings. The second-order valence-electron chi connectivity index (χ2n) is 7.38. The topological polar surface area (TPSA) is 56.6 Å². The molecule has 4 rings (SSSR count). The SMILES string of the molecule is CN1C(=O)[C@@H](OCC2CC2)[C@H]2CN(Cc3ccc(C#N)cc3)C[C@H]21. The maximum atomic E-state index is 12.4. The Hall–Kier alpha value is -1.90. The third-order valence-electron chi connectivity index (χ3n) is 5.58. The quantitative estimate of drug-likeness (QED) is 0.825. The number of fused-ring (bicyclic) bond motifs is 1. The molecule has 0 unspecified atom stereocenters. The summed E-state index contributed by atoms with van der Waals surface area (Å²) in [6.07, 6.45) is 2.23. The number of hydrogen-bond donors (Lipinski definition) is 0. The first-order valence-corrected chi connectivity index (χ1v) is 8.75. The van der Waals surface area contributed by atoms with Crippen molar-refractivity contribution >= 4 is 5.91 Å². The van der Waals surface area contributed by atoms with Crippen LogP contribution in [0.1, 0.15) is 24.0 Å². The van der Waals surface area contributed by atoms with Crippen LogP contribution in [-0.2, 0) is 16.1 Å². The molecular weight excluding hydrogens is 302 g/mol. The molecule has 3 atom stereocenters. The smallest absolute Gasteiger partial charge is 0.252 e. The molecule has 1 amide bonds. The fourth-order valence-corrected chi connectivity index (χ4v) is 3.94. The van der Waals surface area contributed by atoms with Gasteiger partial charge in [0.2, 0.25) is 0 Å². The minimum absolute atomic E-state index is 0.156. The molecular formula is C19H23N3O2. The highest BCUT2D eigenvalue weighted by Crippen LogP contribution is 2.36. The predicted octanol–water partition coefficient (Wildman–Crippen LogP) is 1.63. The number of benzene rings is 1. The van der Waals surface area contributed by atoms with Crippen LogP contribution in [0.2, 0.25) is 0 Å². The summed E-state index contributed by atoms with van der Waals surface area (Å²) in [5.41, 5.74) is 1.90. The number of ether oxygens (including phenoxy) is 1. The van der Waals surface area contributed by atoms with E-state index in [0.717, 1.165) is 26.2 Å². The van der Waals surface area contributed by atoms with Gasteiger partial charge < -0.3 is 9.64 Å². The Balaban J connectivity index is 1.40. The Bertz CT molecular complexity index is 662. The van der Waals surface area contributed by atoms with Gasteiger partial charge in [0.15, 0.2) is 0 Å². The number of nitrogens with zero attached hydrogens (tertiary/aromatic N) is 3. The van der Waals surface area contributed by atoms with E-state index in [2.05, 4.69) is 11.0 Å². The zero-order chi connectivity index (χ0) is 16.7. The number of amides is 1. The molecule has 0 spiro atoms. The van der Waals surface area contributed by atoms with Gasteiger partial charge in [0.05, 0.1) is 24.3 Å². The molecule has 0 aromatic heterocycles. The maximum absolute atomic E-state index is 12.4. The van der Waals surface area contributed by atoms with E-state index >= 15 is 0 Å². The van der Waals surface area contributed by atoms with E-state index < -0.39 is 0 Å². The highest BCUT2D eigenvalue weighted by Gasteiger charge is 2.51. The number of likely N-dealkylation sites (tertiary alicyclic amines) is 2. The third-order valence-corrected chi connectivity index (χ3v) is 5.58. The van der Waals surface area contributed by atoms with Gasteiger partial charge >= 0.3 is 0 Å². The van der Waals surface area contributed by atoms with Crippen molar-refractivity contribution in [2.75, 3.05) is 26.7 Å². The second-order valence-corrected chi connectivity index (χ2v) is 7.38. The molecule has 0 N–H and O–H groups in total. The molecule has 1 aliphatic carbocycles. The Morgan fingerprint density at radius 3 is 2.67 bits per heavy atom. The molecule has 5 heteroatoms. The molecule has 2 heterocycles. The van der Waals surface area contributed by atoms with Crippen LogP contribution in [0.25, 0.3) is 0 Å². The standard InChI is InChI=1S/C19H23N3O2/c1-21-17-11-22(9-14-4-2-13(8-20)3-5-14)10-16(17)18(19(21)23)24-12-15-6-7-15/h2-5,15-18H,6-7,9-12H2,1H3/t16-,17+,18-/m0/s1. The van der Waals surface area contributed by atoms with Crippen LogP contribution in [0.3, 0.4) is 0 Å². The van der Waals surface area contributed by atoms with Crippen LogP contribution in [0.4, 0.5) is 0 Å². The van der Waals surface area contributed by atoms with Gasteiger partial charge in [-0.05, 0) is 36.5 Å². The summed E-state index contributed by atoms with van der Waals surface area (Å²) in [5, 5.41) is 8.89. The monoisotopic (exact) mass is 325 g/mol. The summed E-state index contributed by atoms with van der Waals surface area (Å²) in [4.78, 5) is 16.7. The maximum Gasteiger partial charge on any atom is 0.252 e. The van der Waals surface area contributed by atoms with Gasteiger partial charge in [0.25, 0.3) is 5.91 Å². The zero-order valence-corrected chi connectivity index (χ0v) is 14.0. The van der Waals surface area contributed by atoms with Crippen LogP contribution in [0.15, 0.2) is 24.3 Å². The summed E-state index contributed by atoms with van der Waals surface area (Å²) < 4.78 is 6.00. The number of rotatable bonds is 5. The van der Waals surface area contributed by atoms with Gasteiger partial charge in [0.1, 0.15) is 6.10 Å². The molecule has 126 valence electrons. The highest BCUT2D eigenvalue weighted by molar-refractivity contribution is 5.84. The fraction of sp³-hybridized carbons (Fsp3) is 0.579. The Morgan fingerprint density at radius 2 is 2.00 bits per heavy atom. The molecule has 2 saturated heterocycles. The van der Waals surface area contributed by atoms with E-state index in [-0.39, 0.29) is 24.0 Å². The molecule has 0 bridgehead atoms. The van der Waals surface area contributed by atoms with Crippen molar-refractivity contribution in [2.24, 2.45) is 11.8 Å². The van der Waals surface area contributed by atoms with Crippen LogP contribution < -0.4 is 0 Å². The van der Waals surface area contributed by atoms with Gasteiger partial charge in [-0.2, -0.15) is 5.26 Å². The molecule has 1 saturated carbocycles. The lowest BCUT2D eigenvalue weighted by atomic mass is 10.0. The molecule has 3 aliphatic rings. The first-order chi connectivity index (χ1) is 11.7. The number of carbonyl (C=O) groups excluding carboxylic acids is 1. The number of likely N-dealkylation sites (N-methyl/N-ethyl adjacent to an activating group) is 1. The third kappa shape index (κ3) is 2.92. The molecule has 0 radical (unpaired) electrons. The second kappa shape index (κ2) is 6.19. The molecule has 5 nitrogen and oxygen atoms in total. The van der Waals surface area contributed by atoms with E-state index in [9.17, 15) is 4.79 Å². The lowest BCUT2D eigenvalue weighted by Crippen LogP contribution is -2.37. The molecule has 24 heavy (non-hydrogen) atoms. The molecule has 1 aromatic rings. The van der Waals surface area contributed by atoms with Crippen molar-refractivity contribution in [2.45, 2.75) is 31.5 Å². The number of nitriles is 1. The Kier molecular flexibility index (Phi) is 4.03. The fourth-order valence-electron chi connectivity index (χ4n) is 3.94. The van der Waals surface area contributed by atoms with Gasteiger partial charge in [-0.15, -0.1) is 0 Å². The van der Waals surface area contributed by atoms with Crippen molar-refractivity contribution in [3.8, 4) is 6.07 Å². The zero-order valence-electron chi connectivity index (χ0n) is 14.0. The van der Waals surface area contributed by atoms with Gasteiger partial charge in [-0.25, -0.2) is 0 Å². The number of hydrogen-bond acceptors (Lipinski definition) is 4. The average Bonchev–Trinajstić information content (AvgIpc) is 3.29. The summed E-state index contributed by atoms with van der Waals surface area (Å²) in [6.45, 7) is 3.39. The van der Waals surface area contributed by atoms with Gasteiger partial charge in [-0.1, -0.05) is 12.1 Å². The van der Waals surface area contributed by atoms with E-state index in [0.29, 0.717) is 11.5 Å². The lowest BCUT2D eigenvalue weighted by Gasteiger charge is -2.22. The van der Waals surface area contributed by atoms with E-state index in [1.54, 1.807) is 0 Å². The van der Waals surface area contributed by atoms with Crippen molar-refractivity contribution in [1.82, 2.24) is 9.80 Å². The van der Waals surface area contributed by atoms with Crippen molar-refractivity contribution in [1.29, 1.82) is 5.26 Å². The lowest BCUT2D eigenvalue weighted by molar-refractivity contribution is -0.138. The normalized spacial score (nSPS) is 29.8.